The minimum Gasteiger partial charge on any atom is -0.342 e. The summed E-state index contributed by atoms with van der Waals surface area (Å²) in [7, 11) is 1.99. The van der Waals surface area contributed by atoms with Gasteiger partial charge in [0.05, 0.1) is 17.5 Å². The lowest BCUT2D eigenvalue weighted by atomic mass is 10.0. The van der Waals surface area contributed by atoms with Gasteiger partial charge in [-0.3, -0.25) is 4.79 Å². The van der Waals surface area contributed by atoms with E-state index in [1.807, 2.05) is 31.3 Å². The van der Waals surface area contributed by atoms with Crippen molar-refractivity contribution in [1.82, 2.24) is 14.5 Å². The normalized spacial score (nSPS) is 23.1. The Labute approximate surface area is 149 Å². The highest BCUT2D eigenvalue weighted by Gasteiger charge is 2.43. The number of rotatable bonds is 3. The molecule has 2 atom stereocenters. The van der Waals surface area contributed by atoms with Crippen LogP contribution in [0.3, 0.4) is 0 Å². The molecule has 0 N–H and O–H groups in total. The first-order chi connectivity index (χ1) is 12.3. The summed E-state index contributed by atoms with van der Waals surface area (Å²) < 4.78 is 39.0. The first kappa shape index (κ1) is 17.2. The highest BCUT2D eigenvalue weighted by Crippen LogP contribution is 2.35. The molecule has 4 rings (SSSR count). The molecule has 0 bridgehead atoms. The standard InChI is InChI=1S/C18H21F3N4O/c1-23-15-5-3-2-4-14(15)22-17(23)25-10-12-8-24(9-13(12)11-25)16(26)6-7-18(19,20)21/h2-5,12-13H,6-11H2,1H3. The molecule has 0 aliphatic carbocycles. The zero-order chi connectivity index (χ0) is 18.5. The summed E-state index contributed by atoms with van der Waals surface area (Å²) in [6.07, 6.45) is -5.76. The van der Waals surface area contributed by atoms with E-state index in [0.717, 1.165) is 30.1 Å². The van der Waals surface area contributed by atoms with Crippen molar-refractivity contribution in [3.63, 3.8) is 0 Å². The van der Waals surface area contributed by atoms with Crippen molar-refractivity contribution in [2.75, 3.05) is 31.1 Å². The molecule has 2 fully saturated rings. The third kappa shape index (κ3) is 3.12. The lowest BCUT2D eigenvalue weighted by molar-refractivity contribution is -0.148. The van der Waals surface area contributed by atoms with Crippen molar-refractivity contribution >= 4 is 22.9 Å². The molecule has 1 amide bonds. The van der Waals surface area contributed by atoms with Gasteiger partial charge in [-0.2, -0.15) is 13.2 Å². The number of hydrogen-bond acceptors (Lipinski definition) is 3. The number of benzene rings is 1. The largest absolute Gasteiger partial charge is 0.389 e. The SMILES string of the molecule is Cn1c(N2CC3CN(C(=O)CCC(F)(F)F)CC3C2)nc2ccccc21. The van der Waals surface area contributed by atoms with E-state index in [-0.39, 0.29) is 5.91 Å². The summed E-state index contributed by atoms with van der Waals surface area (Å²) >= 11 is 0. The quantitative estimate of drug-likeness (QED) is 0.839. The van der Waals surface area contributed by atoms with Crippen molar-refractivity contribution in [2.45, 2.75) is 19.0 Å². The smallest absolute Gasteiger partial charge is 0.342 e. The Morgan fingerprint density at radius 2 is 1.81 bits per heavy atom. The predicted molar refractivity (Wildman–Crippen MR) is 91.8 cm³/mol. The second-order valence-corrected chi connectivity index (χ2v) is 7.30. The van der Waals surface area contributed by atoms with Crippen LogP contribution in [0.15, 0.2) is 24.3 Å². The number of para-hydroxylation sites is 2. The molecule has 2 aliphatic rings. The van der Waals surface area contributed by atoms with Crippen LogP contribution >= 0.6 is 0 Å². The summed E-state index contributed by atoms with van der Waals surface area (Å²) in [6.45, 7) is 2.65. The summed E-state index contributed by atoms with van der Waals surface area (Å²) in [6, 6.07) is 7.96. The van der Waals surface area contributed by atoms with E-state index in [1.54, 1.807) is 4.90 Å². The molecule has 2 aliphatic heterocycles. The molecule has 5 nitrogen and oxygen atoms in total. The summed E-state index contributed by atoms with van der Waals surface area (Å²) in [4.78, 5) is 20.6. The first-order valence-electron chi connectivity index (χ1n) is 8.83. The fourth-order valence-electron chi connectivity index (χ4n) is 4.18. The number of fused-ring (bicyclic) bond motifs is 2. The number of likely N-dealkylation sites (tertiary alicyclic amines) is 1. The van der Waals surface area contributed by atoms with Crippen molar-refractivity contribution < 1.29 is 18.0 Å². The molecule has 140 valence electrons. The third-order valence-corrected chi connectivity index (χ3v) is 5.51. The van der Waals surface area contributed by atoms with Gasteiger partial charge in [0, 0.05) is 51.5 Å². The van der Waals surface area contributed by atoms with E-state index >= 15 is 0 Å². The Morgan fingerprint density at radius 3 is 2.42 bits per heavy atom. The Kier molecular flexibility index (Phi) is 4.08. The average molecular weight is 366 g/mol. The molecular formula is C18H21F3N4O. The Bertz CT molecular complexity index is 817. The molecule has 2 saturated heterocycles. The van der Waals surface area contributed by atoms with Crippen molar-refractivity contribution in [3.05, 3.63) is 24.3 Å². The first-order valence-corrected chi connectivity index (χ1v) is 8.83. The van der Waals surface area contributed by atoms with Crippen LogP contribution in [0.4, 0.5) is 19.1 Å². The van der Waals surface area contributed by atoms with E-state index < -0.39 is 19.0 Å². The zero-order valence-corrected chi connectivity index (χ0v) is 14.5. The average Bonchev–Trinajstić information content (AvgIpc) is 3.23. The fraction of sp³-hybridized carbons (Fsp3) is 0.556. The number of hydrogen-bond donors (Lipinski definition) is 0. The van der Waals surface area contributed by atoms with E-state index in [1.165, 1.54) is 0 Å². The number of aromatic nitrogens is 2. The molecule has 1 aromatic carbocycles. The monoisotopic (exact) mass is 366 g/mol. The highest BCUT2D eigenvalue weighted by atomic mass is 19.4. The van der Waals surface area contributed by atoms with E-state index in [0.29, 0.717) is 24.9 Å². The van der Waals surface area contributed by atoms with Gasteiger partial charge in [-0.05, 0) is 12.1 Å². The van der Waals surface area contributed by atoms with Gasteiger partial charge in [0.25, 0.3) is 0 Å². The number of anilines is 1. The van der Waals surface area contributed by atoms with Crippen LogP contribution in [0.5, 0.6) is 0 Å². The topological polar surface area (TPSA) is 41.4 Å². The van der Waals surface area contributed by atoms with Gasteiger partial charge < -0.3 is 14.4 Å². The minimum absolute atomic E-state index is 0.296. The fourth-order valence-corrected chi connectivity index (χ4v) is 4.18. The molecule has 0 radical (unpaired) electrons. The van der Waals surface area contributed by atoms with Gasteiger partial charge in [-0.1, -0.05) is 12.1 Å². The number of alkyl halides is 3. The van der Waals surface area contributed by atoms with Crippen LogP contribution in [0.2, 0.25) is 0 Å². The maximum Gasteiger partial charge on any atom is 0.389 e. The van der Waals surface area contributed by atoms with Crippen molar-refractivity contribution in [2.24, 2.45) is 18.9 Å². The molecule has 0 spiro atoms. The highest BCUT2D eigenvalue weighted by molar-refractivity contribution is 5.79. The van der Waals surface area contributed by atoms with Gasteiger partial charge in [0.1, 0.15) is 0 Å². The van der Waals surface area contributed by atoms with Crippen molar-refractivity contribution in [1.29, 1.82) is 0 Å². The molecule has 1 aromatic heterocycles. The molecule has 8 heteroatoms. The molecule has 3 heterocycles. The molecule has 26 heavy (non-hydrogen) atoms. The Morgan fingerprint density at radius 1 is 1.15 bits per heavy atom. The Hall–Kier alpha value is -2.25. The molecule has 2 unspecified atom stereocenters. The van der Waals surface area contributed by atoms with Crippen LogP contribution in [0.25, 0.3) is 11.0 Å². The zero-order valence-electron chi connectivity index (χ0n) is 14.5. The van der Waals surface area contributed by atoms with Crippen LogP contribution in [-0.2, 0) is 11.8 Å². The van der Waals surface area contributed by atoms with Crippen molar-refractivity contribution in [3.8, 4) is 0 Å². The number of amides is 1. The maximum absolute atomic E-state index is 12.3. The third-order valence-electron chi connectivity index (χ3n) is 5.51. The van der Waals surface area contributed by atoms with E-state index in [2.05, 4.69) is 9.47 Å². The van der Waals surface area contributed by atoms with Gasteiger partial charge >= 0.3 is 6.18 Å². The van der Waals surface area contributed by atoms with Crippen LogP contribution in [-0.4, -0.2) is 52.7 Å². The molecule has 0 saturated carbocycles. The number of halogens is 3. The summed E-state index contributed by atoms with van der Waals surface area (Å²) in [5.74, 6) is 1.12. The number of carbonyl (C=O) groups excluding carboxylic acids is 1. The summed E-state index contributed by atoms with van der Waals surface area (Å²) in [5, 5.41) is 0. The maximum atomic E-state index is 12.3. The lowest BCUT2D eigenvalue weighted by Gasteiger charge is -2.22. The number of aryl methyl sites for hydroxylation is 1. The van der Waals surface area contributed by atoms with Gasteiger partial charge in [-0.15, -0.1) is 0 Å². The van der Waals surface area contributed by atoms with Gasteiger partial charge in [0.2, 0.25) is 11.9 Å². The predicted octanol–water partition coefficient (Wildman–Crippen LogP) is 2.81. The number of nitrogens with zero attached hydrogens (tertiary/aromatic N) is 4. The van der Waals surface area contributed by atoms with Crippen LogP contribution < -0.4 is 4.90 Å². The van der Waals surface area contributed by atoms with Gasteiger partial charge in [-0.25, -0.2) is 4.98 Å². The summed E-state index contributed by atoms with van der Waals surface area (Å²) in [5.41, 5.74) is 2.02. The lowest BCUT2D eigenvalue weighted by Crippen LogP contribution is -2.34. The van der Waals surface area contributed by atoms with Gasteiger partial charge in [0.15, 0.2) is 0 Å². The Balaban J connectivity index is 1.40. The second kappa shape index (κ2) is 6.17. The van der Waals surface area contributed by atoms with E-state index in [9.17, 15) is 18.0 Å². The van der Waals surface area contributed by atoms with Crippen LogP contribution in [0, 0.1) is 11.8 Å². The molecular weight excluding hydrogens is 345 g/mol. The second-order valence-electron chi connectivity index (χ2n) is 7.30. The minimum atomic E-state index is -4.28. The molecule has 2 aromatic rings. The van der Waals surface area contributed by atoms with Crippen LogP contribution in [0.1, 0.15) is 12.8 Å². The number of carbonyl (C=O) groups is 1. The number of imidazole rings is 1. The van der Waals surface area contributed by atoms with E-state index in [4.69, 9.17) is 4.98 Å².